The molecule has 4 rings (SSSR count). The first-order valence-corrected chi connectivity index (χ1v) is 9.48. The minimum Gasteiger partial charge on any atom is -0.365 e. The van der Waals surface area contributed by atoms with Crippen molar-refractivity contribution in [3.63, 3.8) is 0 Å². The Bertz CT molecular complexity index is 930. The van der Waals surface area contributed by atoms with Gasteiger partial charge in [0.05, 0.1) is 0 Å². The Morgan fingerprint density at radius 2 is 1.76 bits per heavy atom. The maximum absolute atomic E-state index is 11.6. The van der Waals surface area contributed by atoms with Gasteiger partial charge in [0.25, 0.3) is 5.91 Å². The average molecular weight is 390 g/mol. The van der Waals surface area contributed by atoms with E-state index in [1.165, 1.54) is 6.20 Å². The molecule has 1 aromatic heterocycles. The van der Waals surface area contributed by atoms with Crippen LogP contribution in [0.5, 0.6) is 0 Å². The number of aromatic nitrogens is 2. The summed E-state index contributed by atoms with van der Waals surface area (Å²) in [7, 11) is 0. The zero-order chi connectivity index (χ0) is 20.7. The Morgan fingerprint density at radius 3 is 2.31 bits per heavy atom. The van der Waals surface area contributed by atoms with E-state index in [9.17, 15) is 4.79 Å². The summed E-state index contributed by atoms with van der Waals surface area (Å²) < 4.78 is 0. The van der Waals surface area contributed by atoms with E-state index in [1.54, 1.807) is 0 Å². The molecule has 1 fully saturated rings. The summed E-state index contributed by atoms with van der Waals surface area (Å²) in [5, 5.41) is 6.24. The Kier molecular flexibility index (Phi) is 6.41. The highest BCUT2D eigenvalue weighted by Gasteiger charge is 2.38. The molecule has 0 bridgehead atoms. The van der Waals surface area contributed by atoms with E-state index in [0.29, 0.717) is 18.3 Å². The third kappa shape index (κ3) is 6.29. The lowest BCUT2D eigenvalue weighted by molar-refractivity contribution is 0.100. The quantitative estimate of drug-likeness (QED) is 0.513. The molecule has 0 unspecified atom stereocenters. The van der Waals surface area contributed by atoms with Crippen LogP contribution in [-0.4, -0.2) is 28.0 Å². The van der Waals surface area contributed by atoms with Gasteiger partial charge in [-0.15, -0.1) is 0 Å². The van der Waals surface area contributed by atoms with Crippen molar-refractivity contribution in [3.8, 4) is 0 Å². The van der Waals surface area contributed by atoms with Gasteiger partial charge in [0.15, 0.2) is 0 Å². The molecule has 29 heavy (non-hydrogen) atoms. The molecule has 1 saturated carbocycles. The van der Waals surface area contributed by atoms with E-state index in [0.717, 1.165) is 24.1 Å². The van der Waals surface area contributed by atoms with Crippen molar-refractivity contribution < 1.29 is 4.79 Å². The SMILES string of the molecule is Cc1cccc(Nc2nc(NCC3(N)CC3)ncc2C(N)=O)c1.c1ccccc1. The number of hydrogen-bond donors (Lipinski definition) is 4. The number of hydrogen-bond acceptors (Lipinski definition) is 6. The maximum Gasteiger partial charge on any atom is 0.254 e. The number of carbonyl (C=O) groups excluding carboxylic acids is 1. The second-order valence-electron chi connectivity index (χ2n) is 7.19. The number of nitrogens with zero attached hydrogens (tertiary/aromatic N) is 2. The average Bonchev–Trinajstić information content (AvgIpc) is 3.46. The standard InChI is InChI=1S/C16H20N6O.C6H6/c1-10-3-2-4-11(7-10)21-14-12(13(17)23)8-19-15(22-14)20-9-16(18)5-6-16;1-2-4-6-5-3-1/h2-4,7-8H,5-6,9,18H2,1H3,(H2,17,23)(H2,19,20,21,22);1-6H. The van der Waals surface area contributed by atoms with E-state index in [1.807, 2.05) is 67.6 Å². The fourth-order valence-electron chi connectivity index (χ4n) is 2.58. The molecule has 3 aromatic rings. The Balaban J connectivity index is 0.000000343. The summed E-state index contributed by atoms with van der Waals surface area (Å²) >= 11 is 0. The maximum atomic E-state index is 11.6. The molecule has 1 amide bonds. The molecule has 0 atom stereocenters. The highest BCUT2D eigenvalue weighted by atomic mass is 16.1. The lowest BCUT2D eigenvalue weighted by Crippen LogP contribution is -2.31. The number of rotatable bonds is 6. The first kappa shape index (κ1) is 20.3. The zero-order valence-electron chi connectivity index (χ0n) is 16.4. The van der Waals surface area contributed by atoms with Gasteiger partial charge in [0.2, 0.25) is 5.95 Å². The predicted octanol–water partition coefficient (Wildman–Crippen LogP) is 3.22. The van der Waals surface area contributed by atoms with E-state index in [4.69, 9.17) is 11.5 Å². The number of benzene rings is 2. The number of primary amides is 1. The van der Waals surface area contributed by atoms with Crippen molar-refractivity contribution in [2.24, 2.45) is 11.5 Å². The molecule has 0 saturated heterocycles. The second-order valence-corrected chi connectivity index (χ2v) is 7.19. The molecule has 1 heterocycles. The number of amides is 1. The molecule has 1 aliphatic rings. The molecule has 0 radical (unpaired) electrons. The van der Waals surface area contributed by atoms with Crippen LogP contribution in [0, 0.1) is 6.92 Å². The third-order valence-corrected chi connectivity index (χ3v) is 4.49. The molecule has 7 heteroatoms. The van der Waals surface area contributed by atoms with Crippen LogP contribution in [0.4, 0.5) is 17.5 Å². The van der Waals surface area contributed by atoms with Gasteiger partial charge in [-0.2, -0.15) is 4.98 Å². The smallest absolute Gasteiger partial charge is 0.254 e. The summed E-state index contributed by atoms with van der Waals surface area (Å²) in [5.74, 6) is 0.216. The number of aryl methyl sites for hydroxylation is 1. The molecule has 150 valence electrons. The monoisotopic (exact) mass is 390 g/mol. The van der Waals surface area contributed by atoms with Crippen molar-refractivity contribution in [1.29, 1.82) is 0 Å². The van der Waals surface area contributed by atoms with Crippen molar-refractivity contribution >= 4 is 23.4 Å². The van der Waals surface area contributed by atoms with Crippen LogP contribution in [0.2, 0.25) is 0 Å². The summed E-state index contributed by atoms with van der Waals surface area (Å²) in [5.41, 5.74) is 13.5. The highest BCUT2D eigenvalue weighted by Crippen LogP contribution is 2.32. The van der Waals surface area contributed by atoms with Crippen LogP contribution in [0.25, 0.3) is 0 Å². The van der Waals surface area contributed by atoms with Crippen molar-refractivity contribution in [3.05, 3.63) is 78.0 Å². The van der Waals surface area contributed by atoms with Crippen molar-refractivity contribution in [1.82, 2.24) is 9.97 Å². The first-order valence-electron chi connectivity index (χ1n) is 9.48. The van der Waals surface area contributed by atoms with Crippen LogP contribution < -0.4 is 22.1 Å². The summed E-state index contributed by atoms with van der Waals surface area (Å²) in [4.78, 5) is 20.1. The van der Waals surface area contributed by atoms with E-state index < -0.39 is 5.91 Å². The van der Waals surface area contributed by atoms with Gasteiger partial charge in [0, 0.05) is 24.0 Å². The zero-order valence-corrected chi connectivity index (χ0v) is 16.4. The second kappa shape index (κ2) is 9.16. The lowest BCUT2D eigenvalue weighted by Gasteiger charge is -2.13. The summed E-state index contributed by atoms with van der Waals surface area (Å²) in [6, 6.07) is 19.8. The molecule has 0 aliphatic heterocycles. The lowest BCUT2D eigenvalue weighted by atomic mass is 10.2. The number of carbonyl (C=O) groups is 1. The molecule has 0 spiro atoms. The van der Waals surface area contributed by atoms with Crippen molar-refractivity contribution in [2.75, 3.05) is 17.2 Å². The Labute approximate surface area is 170 Å². The number of nitrogens with one attached hydrogen (secondary N) is 2. The fraction of sp³-hybridized carbons (Fsp3) is 0.227. The van der Waals surface area contributed by atoms with Gasteiger partial charge >= 0.3 is 0 Å². The van der Waals surface area contributed by atoms with E-state index >= 15 is 0 Å². The predicted molar refractivity (Wildman–Crippen MR) is 116 cm³/mol. The van der Waals surface area contributed by atoms with E-state index in [-0.39, 0.29) is 11.1 Å². The van der Waals surface area contributed by atoms with Gasteiger partial charge in [-0.25, -0.2) is 4.98 Å². The van der Waals surface area contributed by atoms with Crippen LogP contribution >= 0.6 is 0 Å². The first-order chi connectivity index (χ1) is 14.0. The topological polar surface area (TPSA) is 119 Å². The van der Waals surface area contributed by atoms with Crippen LogP contribution in [-0.2, 0) is 0 Å². The van der Waals surface area contributed by atoms with Crippen LogP contribution in [0.15, 0.2) is 66.9 Å². The minimum atomic E-state index is -0.579. The molecule has 1 aliphatic carbocycles. The highest BCUT2D eigenvalue weighted by molar-refractivity contribution is 5.98. The van der Waals surface area contributed by atoms with Gasteiger partial charge in [0.1, 0.15) is 11.4 Å². The number of anilines is 3. The fourth-order valence-corrected chi connectivity index (χ4v) is 2.58. The molecular weight excluding hydrogens is 364 g/mol. The van der Waals surface area contributed by atoms with Gasteiger partial charge in [-0.05, 0) is 37.5 Å². The largest absolute Gasteiger partial charge is 0.365 e. The third-order valence-electron chi connectivity index (χ3n) is 4.49. The van der Waals surface area contributed by atoms with Crippen LogP contribution in [0.1, 0.15) is 28.8 Å². The molecule has 7 nitrogen and oxygen atoms in total. The Hall–Kier alpha value is -3.45. The van der Waals surface area contributed by atoms with Gasteiger partial charge < -0.3 is 22.1 Å². The Morgan fingerprint density at radius 1 is 1.10 bits per heavy atom. The molecule has 6 N–H and O–H groups in total. The van der Waals surface area contributed by atoms with Gasteiger partial charge in [-0.1, -0.05) is 48.5 Å². The number of nitrogens with two attached hydrogens (primary N) is 2. The van der Waals surface area contributed by atoms with E-state index in [2.05, 4.69) is 20.6 Å². The minimum absolute atomic E-state index is 0.157. The molecule has 2 aromatic carbocycles. The van der Waals surface area contributed by atoms with Crippen LogP contribution in [0.3, 0.4) is 0 Å². The normalized spacial score (nSPS) is 13.6. The summed E-state index contributed by atoms with van der Waals surface area (Å²) in [6.07, 6.45) is 3.41. The van der Waals surface area contributed by atoms with Gasteiger partial charge in [-0.3, -0.25) is 4.79 Å². The summed E-state index contributed by atoms with van der Waals surface area (Å²) in [6.45, 7) is 2.59. The van der Waals surface area contributed by atoms with Crippen molar-refractivity contribution in [2.45, 2.75) is 25.3 Å². The molecular formula is C22H26N6O.